The predicted octanol–water partition coefficient (Wildman–Crippen LogP) is 0.627. The van der Waals surface area contributed by atoms with Crippen molar-refractivity contribution in [3.8, 4) is 0 Å². The van der Waals surface area contributed by atoms with Crippen LogP contribution >= 0.6 is 0 Å². The van der Waals surface area contributed by atoms with E-state index in [0.29, 0.717) is 25.2 Å². The number of nitrogens with one attached hydrogen (secondary N) is 1. The summed E-state index contributed by atoms with van der Waals surface area (Å²) < 4.78 is 0. The van der Waals surface area contributed by atoms with Crippen molar-refractivity contribution < 1.29 is 9.90 Å². The lowest BCUT2D eigenvalue weighted by molar-refractivity contribution is 0.0262. The molecule has 25 heavy (non-hydrogen) atoms. The normalized spacial score (nSPS) is 19.7. The summed E-state index contributed by atoms with van der Waals surface area (Å²) in [5.74, 6) is 1.28. The maximum absolute atomic E-state index is 12.4. The van der Waals surface area contributed by atoms with Crippen molar-refractivity contribution in [3.63, 3.8) is 0 Å². The maximum atomic E-state index is 12.4. The fourth-order valence-electron chi connectivity index (χ4n) is 3.04. The fourth-order valence-corrected chi connectivity index (χ4v) is 3.04. The third kappa shape index (κ3) is 3.85. The molecule has 0 aliphatic carbocycles. The Balaban J connectivity index is 1.66. The van der Waals surface area contributed by atoms with Crippen LogP contribution in [0.3, 0.4) is 0 Å². The van der Waals surface area contributed by atoms with E-state index in [1.54, 1.807) is 38.5 Å². The fraction of sp³-hybridized carbons (Fsp3) is 0.412. The second-order valence-electron chi connectivity index (χ2n) is 6.28. The van der Waals surface area contributed by atoms with Gasteiger partial charge in [0, 0.05) is 39.4 Å². The molecule has 8 nitrogen and oxygen atoms in total. The Hall–Kier alpha value is -2.74. The number of aromatic nitrogens is 3. The van der Waals surface area contributed by atoms with Crippen molar-refractivity contribution in [2.45, 2.75) is 12.0 Å². The molecule has 2 aromatic rings. The number of pyridine rings is 1. The molecule has 1 aliphatic heterocycles. The van der Waals surface area contributed by atoms with Crippen molar-refractivity contribution in [1.29, 1.82) is 0 Å². The first kappa shape index (κ1) is 17.1. The van der Waals surface area contributed by atoms with Crippen molar-refractivity contribution >= 4 is 17.5 Å². The van der Waals surface area contributed by atoms with Gasteiger partial charge in [-0.3, -0.25) is 9.78 Å². The molecule has 0 saturated carbocycles. The van der Waals surface area contributed by atoms with Gasteiger partial charge in [-0.15, -0.1) is 0 Å². The summed E-state index contributed by atoms with van der Waals surface area (Å²) >= 11 is 0. The molecule has 2 aromatic heterocycles. The van der Waals surface area contributed by atoms with Crippen LogP contribution in [0.5, 0.6) is 0 Å². The number of carbonyl (C=O) groups is 1. The Labute approximate surface area is 146 Å². The molecule has 2 N–H and O–H groups in total. The van der Waals surface area contributed by atoms with Gasteiger partial charge in [-0.25, -0.2) is 9.97 Å². The zero-order valence-electron chi connectivity index (χ0n) is 14.4. The Morgan fingerprint density at radius 3 is 2.96 bits per heavy atom. The SMILES string of the molecule is CNc1cc(N2CC[C@](O)(CN(C)C(=O)c3ccccn3)C2)ncn1. The zero-order valence-corrected chi connectivity index (χ0v) is 14.4. The van der Waals surface area contributed by atoms with Crippen LogP contribution in [0.4, 0.5) is 11.6 Å². The van der Waals surface area contributed by atoms with Gasteiger partial charge in [-0.1, -0.05) is 6.07 Å². The van der Waals surface area contributed by atoms with Gasteiger partial charge in [0.25, 0.3) is 5.91 Å². The number of carbonyl (C=O) groups excluding carboxylic acids is 1. The minimum absolute atomic E-state index is 0.202. The Bertz CT molecular complexity index is 741. The van der Waals surface area contributed by atoms with Gasteiger partial charge >= 0.3 is 0 Å². The summed E-state index contributed by atoms with van der Waals surface area (Å²) in [6.07, 6.45) is 3.64. The average Bonchev–Trinajstić information content (AvgIpc) is 3.03. The molecule has 1 aliphatic rings. The van der Waals surface area contributed by atoms with E-state index >= 15 is 0 Å². The quantitative estimate of drug-likeness (QED) is 0.823. The number of hydrogen-bond donors (Lipinski definition) is 2. The summed E-state index contributed by atoms with van der Waals surface area (Å²) in [5, 5.41) is 13.9. The number of amides is 1. The zero-order chi connectivity index (χ0) is 17.9. The highest BCUT2D eigenvalue weighted by Crippen LogP contribution is 2.27. The second kappa shape index (κ2) is 7.02. The molecule has 0 spiro atoms. The molecule has 1 atom stereocenters. The van der Waals surface area contributed by atoms with Crippen molar-refractivity contribution in [3.05, 3.63) is 42.5 Å². The third-order valence-corrected chi connectivity index (χ3v) is 4.33. The van der Waals surface area contributed by atoms with Crippen LogP contribution in [-0.4, -0.2) is 70.2 Å². The first-order valence-corrected chi connectivity index (χ1v) is 8.14. The monoisotopic (exact) mass is 342 g/mol. The molecule has 3 rings (SSSR count). The van der Waals surface area contributed by atoms with Gasteiger partial charge in [0.15, 0.2) is 0 Å². The van der Waals surface area contributed by atoms with Crippen LogP contribution in [0.1, 0.15) is 16.9 Å². The molecular formula is C17H22N6O2. The van der Waals surface area contributed by atoms with Crippen LogP contribution in [-0.2, 0) is 0 Å². The molecule has 0 aromatic carbocycles. The van der Waals surface area contributed by atoms with Gasteiger partial charge in [0.2, 0.25) is 0 Å². The molecular weight excluding hydrogens is 320 g/mol. The summed E-state index contributed by atoms with van der Waals surface area (Å²) in [5.41, 5.74) is -0.609. The smallest absolute Gasteiger partial charge is 0.272 e. The predicted molar refractivity (Wildman–Crippen MR) is 94.6 cm³/mol. The first-order valence-electron chi connectivity index (χ1n) is 8.14. The molecule has 0 radical (unpaired) electrons. The highest BCUT2D eigenvalue weighted by molar-refractivity contribution is 5.92. The average molecular weight is 342 g/mol. The van der Waals surface area contributed by atoms with E-state index in [0.717, 1.165) is 11.6 Å². The van der Waals surface area contributed by atoms with Crippen LogP contribution in [0, 0.1) is 0 Å². The highest BCUT2D eigenvalue weighted by atomic mass is 16.3. The molecule has 8 heteroatoms. The molecule has 132 valence electrons. The van der Waals surface area contributed by atoms with Crippen molar-refractivity contribution in [2.24, 2.45) is 0 Å². The van der Waals surface area contributed by atoms with E-state index in [1.165, 1.54) is 11.2 Å². The van der Waals surface area contributed by atoms with Crippen molar-refractivity contribution in [2.75, 3.05) is 43.9 Å². The lowest BCUT2D eigenvalue weighted by Gasteiger charge is -2.29. The molecule has 0 unspecified atom stereocenters. The third-order valence-electron chi connectivity index (χ3n) is 4.33. The summed E-state index contributed by atoms with van der Waals surface area (Å²) in [6.45, 7) is 1.32. The lowest BCUT2D eigenvalue weighted by Crippen LogP contribution is -2.46. The molecule has 0 bridgehead atoms. The van der Waals surface area contributed by atoms with Gasteiger partial charge < -0.3 is 20.2 Å². The molecule has 3 heterocycles. The maximum Gasteiger partial charge on any atom is 0.272 e. The van der Waals surface area contributed by atoms with Crippen LogP contribution < -0.4 is 10.2 Å². The van der Waals surface area contributed by atoms with Crippen molar-refractivity contribution in [1.82, 2.24) is 19.9 Å². The summed E-state index contributed by atoms with van der Waals surface area (Å²) in [6, 6.07) is 7.05. The standard InChI is InChI=1S/C17H22N6O2/c1-18-14-9-15(21-12-20-14)23-8-6-17(25,11-23)10-22(2)16(24)13-5-3-4-7-19-13/h3-5,7,9,12,25H,6,8,10-11H2,1-2H3,(H,18,20,21)/t17-/m0/s1. The highest BCUT2D eigenvalue weighted by Gasteiger charge is 2.38. The molecule has 1 saturated heterocycles. The second-order valence-corrected chi connectivity index (χ2v) is 6.28. The largest absolute Gasteiger partial charge is 0.386 e. The van der Waals surface area contributed by atoms with E-state index in [-0.39, 0.29) is 12.5 Å². The number of anilines is 2. The topological polar surface area (TPSA) is 94.5 Å². The number of hydrogen-bond acceptors (Lipinski definition) is 7. The van der Waals surface area contributed by atoms with Gasteiger partial charge in [-0.05, 0) is 18.6 Å². The summed E-state index contributed by atoms with van der Waals surface area (Å²) in [7, 11) is 3.48. The number of rotatable bonds is 5. The molecule has 1 fully saturated rings. The van der Waals surface area contributed by atoms with Crippen LogP contribution in [0.2, 0.25) is 0 Å². The Morgan fingerprint density at radius 2 is 2.24 bits per heavy atom. The van der Waals surface area contributed by atoms with E-state index in [2.05, 4.69) is 20.3 Å². The van der Waals surface area contributed by atoms with Gasteiger partial charge in [0.1, 0.15) is 29.3 Å². The van der Waals surface area contributed by atoms with Crippen LogP contribution in [0.15, 0.2) is 36.8 Å². The Kier molecular flexibility index (Phi) is 4.80. The van der Waals surface area contributed by atoms with E-state index in [4.69, 9.17) is 0 Å². The summed E-state index contributed by atoms with van der Waals surface area (Å²) in [4.78, 5) is 28.4. The Morgan fingerprint density at radius 1 is 1.40 bits per heavy atom. The number of β-amino-alcohol motifs (C(OH)–C–C–N with tert-alkyl or cyclic N) is 1. The molecule has 1 amide bonds. The van der Waals surface area contributed by atoms with E-state index < -0.39 is 5.60 Å². The minimum Gasteiger partial charge on any atom is -0.386 e. The number of nitrogens with zero attached hydrogens (tertiary/aromatic N) is 5. The van der Waals surface area contributed by atoms with E-state index in [1.807, 2.05) is 11.0 Å². The first-order chi connectivity index (χ1) is 12.0. The van der Waals surface area contributed by atoms with Gasteiger partial charge in [0.05, 0.1) is 6.54 Å². The lowest BCUT2D eigenvalue weighted by atomic mass is 10.0. The van der Waals surface area contributed by atoms with Crippen LogP contribution in [0.25, 0.3) is 0 Å². The van der Waals surface area contributed by atoms with E-state index in [9.17, 15) is 9.90 Å². The van der Waals surface area contributed by atoms with Gasteiger partial charge in [-0.2, -0.15) is 0 Å². The number of likely N-dealkylation sites (N-methyl/N-ethyl adjacent to an activating group) is 1. The minimum atomic E-state index is -0.982. The number of aliphatic hydroxyl groups is 1.